The summed E-state index contributed by atoms with van der Waals surface area (Å²) in [4.78, 5) is 4.48. The van der Waals surface area contributed by atoms with Gasteiger partial charge >= 0.3 is 0 Å². The van der Waals surface area contributed by atoms with Crippen LogP contribution >= 0.6 is 0 Å². The lowest BCUT2D eigenvalue weighted by Crippen LogP contribution is -2.22. The quantitative estimate of drug-likeness (QED) is 0.739. The van der Waals surface area contributed by atoms with Crippen LogP contribution < -0.4 is 10.5 Å². The highest BCUT2D eigenvalue weighted by Gasteiger charge is 2.33. The van der Waals surface area contributed by atoms with Gasteiger partial charge in [0.05, 0.1) is 30.1 Å². The van der Waals surface area contributed by atoms with Gasteiger partial charge in [-0.25, -0.2) is 0 Å². The predicted octanol–water partition coefficient (Wildman–Crippen LogP) is 4.09. The van der Waals surface area contributed by atoms with Gasteiger partial charge in [0.1, 0.15) is 12.4 Å². The summed E-state index contributed by atoms with van der Waals surface area (Å²) in [5, 5.41) is 1.02. The summed E-state index contributed by atoms with van der Waals surface area (Å²) in [6.45, 7) is 4.94. The first kappa shape index (κ1) is 17.8. The standard InChI is InChI=1S/C22H24N2O3/c1-22(2)26-14-17(27-22)10-19-18-9-8-16(11-21(18)24-12-20(19)23)25-13-15-6-4-3-5-7-15/h3-9,11-12,17H,10,13-14,23H2,1-2H3. The highest BCUT2D eigenvalue weighted by atomic mass is 16.7. The number of nitrogens with two attached hydrogens (primary N) is 1. The fourth-order valence-corrected chi connectivity index (χ4v) is 3.40. The van der Waals surface area contributed by atoms with Crippen molar-refractivity contribution >= 4 is 16.6 Å². The van der Waals surface area contributed by atoms with E-state index < -0.39 is 5.79 Å². The summed E-state index contributed by atoms with van der Waals surface area (Å²) < 4.78 is 17.5. The Bertz CT molecular complexity index is 941. The second-order valence-corrected chi connectivity index (χ2v) is 7.30. The topological polar surface area (TPSA) is 66.6 Å². The molecule has 2 heterocycles. The van der Waals surface area contributed by atoms with Crippen molar-refractivity contribution in [2.75, 3.05) is 12.3 Å². The van der Waals surface area contributed by atoms with Crippen molar-refractivity contribution in [3.8, 4) is 5.75 Å². The van der Waals surface area contributed by atoms with Crippen LogP contribution in [0.1, 0.15) is 25.0 Å². The van der Waals surface area contributed by atoms with E-state index in [2.05, 4.69) is 4.98 Å². The Morgan fingerprint density at radius 3 is 2.74 bits per heavy atom. The summed E-state index contributed by atoms with van der Waals surface area (Å²) in [5.74, 6) is 0.247. The molecule has 0 radical (unpaired) electrons. The van der Waals surface area contributed by atoms with Crippen LogP contribution in [0.2, 0.25) is 0 Å². The first-order valence-corrected chi connectivity index (χ1v) is 9.16. The van der Waals surface area contributed by atoms with E-state index in [-0.39, 0.29) is 6.10 Å². The second kappa shape index (κ2) is 7.18. The summed E-state index contributed by atoms with van der Waals surface area (Å²) in [5.41, 5.74) is 9.93. The zero-order valence-electron chi connectivity index (χ0n) is 15.6. The number of benzene rings is 2. The Balaban J connectivity index is 1.55. The van der Waals surface area contributed by atoms with Gasteiger partial charge in [0.2, 0.25) is 0 Å². The van der Waals surface area contributed by atoms with Crippen molar-refractivity contribution in [3.05, 3.63) is 65.9 Å². The van der Waals surface area contributed by atoms with Gasteiger partial charge in [-0.1, -0.05) is 30.3 Å². The zero-order valence-corrected chi connectivity index (χ0v) is 15.6. The molecule has 0 aliphatic carbocycles. The molecule has 3 aromatic rings. The number of ether oxygens (including phenoxy) is 3. The molecule has 1 unspecified atom stereocenters. The van der Waals surface area contributed by atoms with Crippen LogP contribution in [0.15, 0.2) is 54.7 Å². The van der Waals surface area contributed by atoms with Crippen LogP contribution in [0.3, 0.4) is 0 Å². The van der Waals surface area contributed by atoms with Crippen LogP contribution in [-0.4, -0.2) is 23.5 Å². The van der Waals surface area contributed by atoms with Crippen LogP contribution in [-0.2, 0) is 22.5 Å². The van der Waals surface area contributed by atoms with E-state index in [0.29, 0.717) is 25.3 Å². The SMILES string of the molecule is CC1(C)OCC(Cc2c(N)cnc3cc(OCc4ccccc4)ccc23)O1. The summed E-state index contributed by atoms with van der Waals surface area (Å²) in [6, 6.07) is 16.0. The molecule has 2 aromatic carbocycles. The van der Waals surface area contributed by atoms with Crippen molar-refractivity contribution < 1.29 is 14.2 Å². The van der Waals surface area contributed by atoms with Crippen LogP contribution in [0, 0.1) is 0 Å². The molecule has 2 N–H and O–H groups in total. The van der Waals surface area contributed by atoms with Crippen LogP contribution in [0.5, 0.6) is 5.75 Å². The number of nitrogens with zero attached hydrogens (tertiary/aromatic N) is 1. The lowest BCUT2D eigenvalue weighted by molar-refractivity contribution is -0.138. The molecule has 0 saturated carbocycles. The van der Waals surface area contributed by atoms with Gasteiger partial charge < -0.3 is 19.9 Å². The van der Waals surface area contributed by atoms with E-state index in [4.69, 9.17) is 19.9 Å². The number of fused-ring (bicyclic) bond motifs is 1. The van der Waals surface area contributed by atoms with Crippen molar-refractivity contribution in [1.82, 2.24) is 4.98 Å². The largest absolute Gasteiger partial charge is 0.489 e. The molecule has 27 heavy (non-hydrogen) atoms. The maximum Gasteiger partial charge on any atom is 0.163 e. The fraction of sp³-hybridized carbons (Fsp3) is 0.318. The lowest BCUT2D eigenvalue weighted by atomic mass is 10.0. The number of rotatable bonds is 5. The normalized spacial score (nSPS) is 18.7. The van der Waals surface area contributed by atoms with Gasteiger partial charge in [0.25, 0.3) is 0 Å². The Hall–Kier alpha value is -2.63. The zero-order chi connectivity index (χ0) is 18.9. The second-order valence-electron chi connectivity index (χ2n) is 7.30. The van der Waals surface area contributed by atoms with Crippen molar-refractivity contribution in [3.63, 3.8) is 0 Å². The third kappa shape index (κ3) is 4.04. The van der Waals surface area contributed by atoms with E-state index in [1.54, 1.807) is 6.20 Å². The number of pyridine rings is 1. The van der Waals surface area contributed by atoms with Gasteiger partial charge in [-0.15, -0.1) is 0 Å². The van der Waals surface area contributed by atoms with Gasteiger partial charge in [-0.2, -0.15) is 0 Å². The summed E-state index contributed by atoms with van der Waals surface area (Å²) in [6.07, 6.45) is 2.39. The lowest BCUT2D eigenvalue weighted by Gasteiger charge is -2.18. The molecule has 5 heteroatoms. The molecule has 0 amide bonds. The molecule has 0 bridgehead atoms. The van der Waals surface area contributed by atoms with Crippen molar-refractivity contribution in [2.45, 2.75) is 38.8 Å². The molecular formula is C22H24N2O3. The molecule has 1 aliphatic heterocycles. The summed E-state index contributed by atoms with van der Waals surface area (Å²) >= 11 is 0. The maximum absolute atomic E-state index is 6.21. The predicted molar refractivity (Wildman–Crippen MR) is 106 cm³/mol. The number of anilines is 1. The number of hydrogen-bond donors (Lipinski definition) is 1. The average molecular weight is 364 g/mol. The molecule has 1 aliphatic rings. The number of nitrogen functional groups attached to an aromatic ring is 1. The third-order valence-electron chi connectivity index (χ3n) is 4.73. The molecular weight excluding hydrogens is 340 g/mol. The minimum atomic E-state index is -0.541. The molecule has 4 rings (SSSR count). The van der Waals surface area contributed by atoms with Crippen molar-refractivity contribution in [2.24, 2.45) is 0 Å². The van der Waals surface area contributed by atoms with Crippen molar-refractivity contribution in [1.29, 1.82) is 0 Å². The molecule has 1 fully saturated rings. The molecule has 140 valence electrons. The highest BCUT2D eigenvalue weighted by Crippen LogP contribution is 2.31. The molecule has 5 nitrogen and oxygen atoms in total. The maximum atomic E-state index is 6.21. The van der Waals surface area contributed by atoms with Gasteiger partial charge in [0.15, 0.2) is 5.79 Å². The van der Waals surface area contributed by atoms with E-state index in [9.17, 15) is 0 Å². The Labute approximate surface area is 159 Å². The smallest absolute Gasteiger partial charge is 0.163 e. The Kier molecular flexibility index (Phi) is 4.72. The fourth-order valence-electron chi connectivity index (χ4n) is 3.40. The summed E-state index contributed by atoms with van der Waals surface area (Å²) in [7, 11) is 0. The number of aromatic nitrogens is 1. The Morgan fingerprint density at radius 2 is 2.00 bits per heavy atom. The minimum Gasteiger partial charge on any atom is -0.489 e. The molecule has 1 saturated heterocycles. The van der Waals surface area contributed by atoms with E-state index in [1.165, 1.54) is 0 Å². The monoisotopic (exact) mass is 364 g/mol. The van der Waals surface area contributed by atoms with E-state index in [0.717, 1.165) is 27.8 Å². The van der Waals surface area contributed by atoms with E-state index >= 15 is 0 Å². The Morgan fingerprint density at radius 1 is 1.19 bits per heavy atom. The van der Waals surface area contributed by atoms with Crippen LogP contribution in [0.25, 0.3) is 10.9 Å². The van der Waals surface area contributed by atoms with Gasteiger partial charge in [0, 0.05) is 17.9 Å². The average Bonchev–Trinajstić information content (AvgIpc) is 3.01. The molecule has 0 spiro atoms. The first-order valence-electron chi connectivity index (χ1n) is 9.16. The van der Waals surface area contributed by atoms with Crippen LogP contribution in [0.4, 0.5) is 5.69 Å². The third-order valence-corrected chi connectivity index (χ3v) is 4.73. The van der Waals surface area contributed by atoms with E-state index in [1.807, 2.05) is 62.4 Å². The molecule has 1 aromatic heterocycles. The number of hydrogen-bond acceptors (Lipinski definition) is 5. The minimum absolute atomic E-state index is 0.0121. The first-order chi connectivity index (χ1) is 13.0. The highest BCUT2D eigenvalue weighted by molar-refractivity contribution is 5.87. The van der Waals surface area contributed by atoms with Gasteiger partial charge in [-0.3, -0.25) is 4.98 Å². The van der Waals surface area contributed by atoms with Gasteiger partial charge in [-0.05, 0) is 37.1 Å². The molecule has 1 atom stereocenters.